The van der Waals surface area contributed by atoms with E-state index in [4.69, 9.17) is 0 Å². The van der Waals surface area contributed by atoms with E-state index >= 15 is 0 Å². The molecular formula is C16H22N2O2. The van der Waals surface area contributed by atoms with Gasteiger partial charge in [-0.3, -0.25) is 9.59 Å². The van der Waals surface area contributed by atoms with Crippen molar-refractivity contribution in [3.8, 4) is 0 Å². The van der Waals surface area contributed by atoms with Crippen LogP contribution in [0, 0.1) is 5.92 Å². The molecule has 2 amide bonds. The van der Waals surface area contributed by atoms with Crippen molar-refractivity contribution in [3.63, 3.8) is 0 Å². The Kier molecular flexibility index (Phi) is 4.12. The Morgan fingerprint density at radius 2 is 2.00 bits per heavy atom. The number of amides is 2. The first-order valence-electron chi connectivity index (χ1n) is 7.10. The Morgan fingerprint density at radius 1 is 1.35 bits per heavy atom. The zero-order chi connectivity index (χ0) is 14.8. The summed E-state index contributed by atoms with van der Waals surface area (Å²) in [5.41, 5.74) is 0.642. The van der Waals surface area contributed by atoms with Crippen molar-refractivity contribution in [3.05, 3.63) is 30.3 Å². The van der Waals surface area contributed by atoms with Crippen molar-refractivity contribution in [2.75, 3.05) is 11.4 Å². The second-order valence-electron chi connectivity index (χ2n) is 5.97. The summed E-state index contributed by atoms with van der Waals surface area (Å²) in [7, 11) is 0. The summed E-state index contributed by atoms with van der Waals surface area (Å²) < 4.78 is 0. The minimum atomic E-state index is -0.256. The fraction of sp³-hybridized carbons (Fsp3) is 0.500. The topological polar surface area (TPSA) is 49.4 Å². The van der Waals surface area contributed by atoms with Crippen LogP contribution in [0.5, 0.6) is 0 Å². The summed E-state index contributed by atoms with van der Waals surface area (Å²) in [5.74, 6) is -0.261. The van der Waals surface area contributed by atoms with Gasteiger partial charge in [0.1, 0.15) is 0 Å². The Hall–Kier alpha value is -1.84. The van der Waals surface area contributed by atoms with Crippen LogP contribution in [0.25, 0.3) is 0 Å². The zero-order valence-corrected chi connectivity index (χ0v) is 12.3. The molecule has 1 aromatic carbocycles. The van der Waals surface area contributed by atoms with Crippen molar-refractivity contribution in [1.29, 1.82) is 0 Å². The molecule has 1 aliphatic heterocycles. The Labute approximate surface area is 120 Å². The molecule has 0 bridgehead atoms. The molecule has 4 nitrogen and oxygen atoms in total. The Morgan fingerprint density at radius 3 is 2.60 bits per heavy atom. The molecule has 1 atom stereocenters. The van der Waals surface area contributed by atoms with Crippen molar-refractivity contribution >= 4 is 17.5 Å². The van der Waals surface area contributed by atoms with E-state index in [-0.39, 0.29) is 23.3 Å². The predicted molar refractivity (Wildman–Crippen MR) is 79.4 cm³/mol. The molecule has 1 fully saturated rings. The van der Waals surface area contributed by atoms with Crippen molar-refractivity contribution in [1.82, 2.24) is 5.32 Å². The second kappa shape index (κ2) is 5.65. The SMILES string of the molecule is CCC(C)(C)NC(=O)[C@@H]1CC(=O)N(c2ccccc2)C1. The molecule has 0 saturated carbocycles. The van der Waals surface area contributed by atoms with Gasteiger partial charge in [-0.1, -0.05) is 25.1 Å². The number of nitrogens with zero attached hydrogens (tertiary/aromatic N) is 1. The van der Waals surface area contributed by atoms with Gasteiger partial charge in [-0.25, -0.2) is 0 Å². The van der Waals surface area contributed by atoms with Crippen LogP contribution in [0.2, 0.25) is 0 Å². The number of carbonyl (C=O) groups is 2. The second-order valence-corrected chi connectivity index (χ2v) is 5.97. The fourth-order valence-corrected chi connectivity index (χ4v) is 2.26. The summed E-state index contributed by atoms with van der Waals surface area (Å²) >= 11 is 0. The lowest BCUT2D eigenvalue weighted by Crippen LogP contribution is -2.46. The van der Waals surface area contributed by atoms with E-state index in [1.165, 1.54) is 0 Å². The summed E-state index contributed by atoms with van der Waals surface area (Å²) in [6, 6.07) is 9.51. The third kappa shape index (κ3) is 3.18. The molecular weight excluding hydrogens is 252 g/mol. The van der Waals surface area contributed by atoms with Crippen LogP contribution in [-0.2, 0) is 9.59 Å². The summed E-state index contributed by atoms with van der Waals surface area (Å²) in [6.07, 6.45) is 1.16. The highest BCUT2D eigenvalue weighted by molar-refractivity contribution is 6.00. The van der Waals surface area contributed by atoms with Gasteiger partial charge in [-0.15, -0.1) is 0 Å². The quantitative estimate of drug-likeness (QED) is 0.916. The highest BCUT2D eigenvalue weighted by Gasteiger charge is 2.36. The van der Waals surface area contributed by atoms with E-state index in [0.717, 1.165) is 12.1 Å². The van der Waals surface area contributed by atoms with Gasteiger partial charge in [0.25, 0.3) is 0 Å². The Bertz CT molecular complexity index is 496. The van der Waals surface area contributed by atoms with E-state index in [1.54, 1.807) is 4.90 Å². The molecule has 0 aromatic heterocycles. The molecule has 1 aromatic rings. The molecule has 0 aliphatic carbocycles. The Balaban J connectivity index is 2.04. The van der Waals surface area contributed by atoms with Gasteiger partial charge in [-0.05, 0) is 32.4 Å². The van der Waals surface area contributed by atoms with Gasteiger partial charge in [-0.2, -0.15) is 0 Å². The van der Waals surface area contributed by atoms with Crippen LogP contribution >= 0.6 is 0 Å². The van der Waals surface area contributed by atoms with Gasteiger partial charge < -0.3 is 10.2 Å². The van der Waals surface area contributed by atoms with E-state index in [2.05, 4.69) is 5.32 Å². The van der Waals surface area contributed by atoms with Gasteiger partial charge in [0.05, 0.1) is 5.92 Å². The van der Waals surface area contributed by atoms with Gasteiger partial charge in [0, 0.05) is 24.2 Å². The van der Waals surface area contributed by atoms with Crippen molar-refractivity contribution in [2.45, 2.75) is 39.2 Å². The highest BCUT2D eigenvalue weighted by Crippen LogP contribution is 2.25. The van der Waals surface area contributed by atoms with Crippen molar-refractivity contribution in [2.24, 2.45) is 5.92 Å². The number of benzene rings is 1. The molecule has 0 unspecified atom stereocenters. The largest absolute Gasteiger partial charge is 0.351 e. The van der Waals surface area contributed by atoms with Gasteiger partial charge >= 0.3 is 0 Å². The van der Waals surface area contributed by atoms with Crippen molar-refractivity contribution < 1.29 is 9.59 Å². The lowest BCUT2D eigenvalue weighted by Gasteiger charge is -2.26. The number of para-hydroxylation sites is 1. The molecule has 2 rings (SSSR count). The van der Waals surface area contributed by atoms with Gasteiger partial charge in [0.2, 0.25) is 11.8 Å². The minimum Gasteiger partial charge on any atom is -0.351 e. The van der Waals surface area contributed by atoms with E-state index in [0.29, 0.717) is 13.0 Å². The fourth-order valence-electron chi connectivity index (χ4n) is 2.26. The standard InChI is InChI=1S/C16H22N2O2/c1-4-16(2,3)17-15(20)12-10-14(19)18(11-12)13-8-6-5-7-9-13/h5-9,12H,4,10-11H2,1-3H3,(H,17,20)/t12-/m1/s1. The average molecular weight is 274 g/mol. The number of carbonyl (C=O) groups excluding carboxylic acids is 2. The maximum Gasteiger partial charge on any atom is 0.227 e. The van der Waals surface area contributed by atoms with Crippen LogP contribution in [0.1, 0.15) is 33.6 Å². The molecule has 20 heavy (non-hydrogen) atoms. The summed E-state index contributed by atoms with van der Waals surface area (Å²) in [5, 5.41) is 3.02. The van der Waals surface area contributed by atoms with E-state index in [1.807, 2.05) is 51.1 Å². The monoisotopic (exact) mass is 274 g/mol. The summed E-state index contributed by atoms with van der Waals surface area (Å²) in [6.45, 7) is 6.50. The molecule has 108 valence electrons. The van der Waals surface area contributed by atoms with Crippen LogP contribution in [0.3, 0.4) is 0 Å². The molecule has 1 aliphatic rings. The lowest BCUT2D eigenvalue weighted by molar-refractivity contribution is -0.127. The van der Waals surface area contributed by atoms with E-state index in [9.17, 15) is 9.59 Å². The molecule has 0 radical (unpaired) electrons. The van der Waals surface area contributed by atoms with Crippen LogP contribution in [-0.4, -0.2) is 23.9 Å². The molecule has 1 heterocycles. The van der Waals surface area contributed by atoms with Crippen LogP contribution in [0.15, 0.2) is 30.3 Å². The lowest BCUT2D eigenvalue weighted by atomic mass is 9.99. The average Bonchev–Trinajstić information content (AvgIpc) is 2.81. The normalized spacial score (nSPS) is 19.2. The summed E-state index contributed by atoms with van der Waals surface area (Å²) in [4.78, 5) is 26.0. The number of rotatable bonds is 4. The molecule has 4 heteroatoms. The molecule has 0 spiro atoms. The number of nitrogens with one attached hydrogen (secondary N) is 1. The smallest absolute Gasteiger partial charge is 0.227 e. The first-order chi connectivity index (χ1) is 9.43. The number of anilines is 1. The first kappa shape index (κ1) is 14.6. The number of hydrogen-bond acceptors (Lipinski definition) is 2. The van der Waals surface area contributed by atoms with Crippen LogP contribution in [0.4, 0.5) is 5.69 Å². The van der Waals surface area contributed by atoms with E-state index < -0.39 is 0 Å². The van der Waals surface area contributed by atoms with Gasteiger partial charge in [0.15, 0.2) is 0 Å². The maximum atomic E-state index is 12.3. The first-order valence-corrected chi connectivity index (χ1v) is 7.10. The maximum absolute atomic E-state index is 12.3. The zero-order valence-electron chi connectivity index (χ0n) is 12.3. The molecule has 1 N–H and O–H groups in total. The third-order valence-corrected chi connectivity index (χ3v) is 3.91. The minimum absolute atomic E-state index is 0.0191. The van der Waals surface area contributed by atoms with Crippen LogP contribution < -0.4 is 10.2 Å². The number of hydrogen-bond donors (Lipinski definition) is 1. The highest BCUT2D eigenvalue weighted by atomic mass is 16.2. The molecule has 1 saturated heterocycles. The predicted octanol–water partition coefficient (Wildman–Crippen LogP) is 2.34. The third-order valence-electron chi connectivity index (χ3n) is 3.91.